The fourth-order valence-corrected chi connectivity index (χ4v) is 2.53. The fraction of sp³-hybridized carbons (Fsp3) is 0.250. The highest BCUT2D eigenvalue weighted by molar-refractivity contribution is 9.10. The van der Waals surface area contributed by atoms with E-state index in [1.165, 1.54) is 0 Å². The molecule has 90 valence electrons. The zero-order chi connectivity index (χ0) is 12.3. The standard InChI is InChI=1S/C12H13BrClN3/c1-15-2-4-17-5-3-16-12(17)9-6-10(13)8-11(14)7-9/h3,5-8,15H,2,4H2,1H3. The van der Waals surface area contributed by atoms with Gasteiger partial charge in [0.25, 0.3) is 0 Å². The Labute approximate surface area is 114 Å². The molecule has 3 nitrogen and oxygen atoms in total. The number of hydrogen-bond donors (Lipinski definition) is 1. The molecule has 0 spiro atoms. The van der Waals surface area contributed by atoms with Gasteiger partial charge in [-0.1, -0.05) is 27.5 Å². The molecule has 0 aliphatic carbocycles. The van der Waals surface area contributed by atoms with Gasteiger partial charge in [0.15, 0.2) is 0 Å². The summed E-state index contributed by atoms with van der Waals surface area (Å²) in [4.78, 5) is 4.38. The number of halogens is 2. The van der Waals surface area contributed by atoms with Crippen LogP contribution in [0, 0.1) is 0 Å². The molecule has 0 aliphatic rings. The molecule has 0 unspecified atom stereocenters. The van der Waals surface area contributed by atoms with E-state index in [2.05, 4.69) is 30.8 Å². The van der Waals surface area contributed by atoms with Crippen LogP contribution in [0.5, 0.6) is 0 Å². The lowest BCUT2D eigenvalue weighted by Gasteiger charge is -2.08. The Kier molecular flexibility index (Phi) is 4.20. The lowest BCUT2D eigenvalue weighted by molar-refractivity contribution is 0.649. The molecule has 0 aliphatic heterocycles. The Morgan fingerprint density at radius 2 is 2.24 bits per heavy atom. The first-order valence-electron chi connectivity index (χ1n) is 5.33. The normalized spacial score (nSPS) is 10.8. The van der Waals surface area contributed by atoms with Crippen LogP contribution in [-0.4, -0.2) is 23.1 Å². The van der Waals surface area contributed by atoms with Gasteiger partial charge in [0.05, 0.1) is 0 Å². The molecule has 2 aromatic rings. The SMILES string of the molecule is CNCCn1ccnc1-c1cc(Cl)cc(Br)c1. The summed E-state index contributed by atoms with van der Waals surface area (Å²) in [6.45, 7) is 1.79. The minimum Gasteiger partial charge on any atom is -0.330 e. The van der Waals surface area contributed by atoms with Crippen molar-refractivity contribution in [3.63, 3.8) is 0 Å². The molecular formula is C12H13BrClN3. The van der Waals surface area contributed by atoms with Gasteiger partial charge in [0, 0.05) is 40.5 Å². The highest BCUT2D eigenvalue weighted by atomic mass is 79.9. The van der Waals surface area contributed by atoms with Gasteiger partial charge in [-0.25, -0.2) is 4.98 Å². The summed E-state index contributed by atoms with van der Waals surface area (Å²) in [6, 6.07) is 5.81. The molecule has 0 saturated carbocycles. The molecule has 1 heterocycles. The van der Waals surface area contributed by atoms with Crippen LogP contribution in [0.2, 0.25) is 5.02 Å². The predicted molar refractivity (Wildman–Crippen MR) is 74.3 cm³/mol. The van der Waals surface area contributed by atoms with Crippen LogP contribution < -0.4 is 5.32 Å². The minimum atomic E-state index is 0.706. The van der Waals surface area contributed by atoms with Gasteiger partial charge in [0.2, 0.25) is 0 Å². The van der Waals surface area contributed by atoms with Crippen LogP contribution in [0.3, 0.4) is 0 Å². The van der Waals surface area contributed by atoms with Crippen molar-refractivity contribution in [1.29, 1.82) is 0 Å². The van der Waals surface area contributed by atoms with Gasteiger partial charge in [0.1, 0.15) is 5.82 Å². The maximum absolute atomic E-state index is 6.04. The predicted octanol–water partition coefficient (Wildman–Crippen LogP) is 3.19. The van der Waals surface area contributed by atoms with E-state index < -0.39 is 0 Å². The van der Waals surface area contributed by atoms with Gasteiger partial charge < -0.3 is 9.88 Å². The van der Waals surface area contributed by atoms with E-state index >= 15 is 0 Å². The summed E-state index contributed by atoms with van der Waals surface area (Å²) in [7, 11) is 1.94. The molecule has 0 radical (unpaired) electrons. The van der Waals surface area contributed by atoms with Crippen LogP contribution in [0.4, 0.5) is 0 Å². The summed E-state index contributed by atoms with van der Waals surface area (Å²) in [5.41, 5.74) is 1.02. The van der Waals surface area contributed by atoms with Gasteiger partial charge in [-0.05, 0) is 25.2 Å². The van der Waals surface area contributed by atoms with E-state index in [0.717, 1.165) is 29.0 Å². The number of hydrogen-bond acceptors (Lipinski definition) is 2. The zero-order valence-electron chi connectivity index (χ0n) is 9.45. The number of aromatic nitrogens is 2. The quantitative estimate of drug-likeness (QED) is 0.939. The van der Waals surface area contributed by atoms with Crippen molar-refractivity contribution < 1.29 is 0 Å². The third kappa shape index (κ3) is 3.09. The van der Waals surface area contributed by atoms with E-state index in [9.17, 15) is 0 Å². The number of rotatable bonds is 4. The zero-order valence-corrected chi connectivity index (χ0v) is 11.8. The molecule has 0 amide bonds. The van der Waals surface area contributed by atoms with Crippen molar-refractivity contribution >= 4 is 27.5 Å². The van der Waals surface area contributed by atoms with Gasteiger partial charge >= 0.3 is 0 Å². The van der Waals surface area contributed by atoms with Crippen molar-refractivity contribution in [2.45, 2.75) is 6.54 Å². The first-order chi connectivity index (χ1) is 8.20. The fourth-order valence-electron chi connectivity index (χ4n) is 1.67. The molecule has 0 fully saturated rings. The molecule has 0 bridgehead atoms. The van der Waals surface area contributed by atoms with Gasteiger partial charge in [-0.2, -0.15) is 0 Å². The van der Waals surface area contributed by atoms with Gasteiger partial charge in [-0.3, -0.25) is 0 Å². The number of nitrogens with one attached hydrogen (secondary N) is 1. The highest BCUT2D eigenvalue weighted by Gasteiger charge is 2.07. The Morgan fingerprint density at radius 3 is 2.94 bits per heavy atom. The first kappa shape index (κ1) is 12.6. The van der Waals surface area contributed by atoms with Crippen molar-refractivity contribution in [3.05, 3.63) is 40.1 Å². The lowest BCUT2D eigenvalue weighted by atomic mass is 10.2. The molecule has 2 rings (SSSR count). The van der Waals surface area contributed by atoms with Crippen molar-refractivity contribution in [1.82, 2.24) is 14.9 Å². The van der Waals surface area contributed by atoms with E-state index in [1.54, 1.807) is 6.20 Å². The lowest BCUT2D eigenvalue weighted by Crippen LogP contribution is -2.15. The summed E-state index contributed by atoms with van der Waals surface area (Å²) >= 11 is 9.49. The topological polar surface area (TPSA) is 29.9 Å². The second-order valence-electron chi connectivity index (χ2n) is 3.71. The molecule has 5 heteroatoms. The molecule has 1 N–H and O–H groups in total. The second-order valence-corrected chi connectivity index (χ2v) is 5.06. The number of nitrogens with zero attached hydrogens (tertiary/aromatic N) is 2. The van der Waals surface area contributed by atoms with E-state index in [4.69, 9.17) is 11.6 Å². The van der Waals surface area contributed by atoms with Crippen molar-refractivity contribution in [2.75, 3.05) is 13.6 Å². The Hall–Kier alpha value is -0.840. The number of likely N-dealkylation sites (N-methyl/N-ethyl adjacent to an activating group) is 1. The largest absolute Gasteiger partial charge is 0.330 e. The van der Waals surface area contributed by atoms with Crippen LogP contribution in [0.25, 0.3) is 11.4 Å². The van der Waals surface area contributed by atoms with Crippen molar-refractivity contribution in [2.24, 2.45) is 0 Å². The smallest absolute Gasteiger partial charge is 0.140 e. The average Bonchev–Trinajstić information content (AvgIpc) is 2.73. The third-order valence-electron chi connectivity index (χ3n) is 2.44. The Morgan fingerprint density at radius 1 is 1.41 bits per heavy atom. The number of imidazole rings is 1. The third-order valence-corrected chi connectivity index (χ3v) is 3.12. The van der Waals surface area contributed by atoms with Crippen LogP contribution in [-0.2, 0) is 6.54 Å². The molecule has 0 saturated heterocycles. The average molecular weight is 315 g/mol. The molecule has 1 aromatic carbocycles. The minimum absolute atomic E-state index is 0.706. The molecule has 1 aromatic heterocycles. The Bertz CT molecular complexity index is 490. The maximum atomic E-state index is 6.04. The summed E-state index contributed by atoms with van der Waals surface area (Å²) in [5.74, 6) is 0.934. The molecule has 17 heavy (non-hydrogen) atoms. The van der Waals surface area contributed by atoms with E-state index in [-0.39, 0.29) is 0 Å². The highest BCUT2D eigenvalue weighted by Crippen LogP contribution is 2.26. The van der Waals surface area contributed by atoms with Crippen LogP contribution >= 0.6 is 27.5 Å². The first-order valence-corrected chi connectivity index (χ1v) is 6.50. The summed E-state index contributed by atoms with van der Waals surface area (Å²) in [5, 5.41) is 3.83. The number of benzene rings is 1. The van der Waals surface area contributed by atoms with E-state index in [1.807, 2.05) is 31.4 Å². The second kappa shape index (κ2) is 5.67. The van der Waals surface area contributed by atoms with Crippen LogP contribution in [0.15, 0.2) is 35.1 Å². The monoisotopic (exact) mass is 313 g/mol. The molecular weight excluding hydrogens is 302 g/mol. The summed E-state index contributed by atoms with van der Waals surface area (Å²) in [6.07, 6.45) is 3.78. The van der Waals surface area contributed by atoms with Crippen molar-refractivity contribution in [3.8, 4) is 11.4 Å². The van der Waals surface area contributed by atoms with Gasteiger partial charge in [-0.15, -0.1) is 0 Å². The summed E-state index contributed by atoms with van der Waals surface area (Å²) < 4.78 is 3.07. The Balaban J connectivity index is 2.35. The van der Waals surface area contributed by atoms with E-state index in [0.29, 0.717) is 5.02 Å². The van der Waals surface area contributed by atoms with Crippen LogP contribution in [0.1, 0.15) is 0 Å². The maximum Gasteiger partial charge on any atom is 0.140 e. The molecule has 0 atom stereocenters.